The van der Waals surface area contributed by atoms with Crippen LogP contribution in [0.2, 0.25) is 0 Å². The van der Waals surface area contributed by atoms with Crippen LogP contribution in [0.15, 0.2) is 71.5 Å². The smallest absolute Gasteiger partial charge is 0.257 e. The van der Waals surface area contributed by atoms with Crippen molar-refractivity contribution in [1.82, 2.24) is 10.3 Å². The highest BCUT2D eigenvalue weighted by Gasteiger charge is 2.34. The van der Waals surface area contributed by atoms with Gasteiger partial charge in [0, 0.05) is 41.9 Å². The first-order chi connectivity index (χ1) is 15.8. The Bertz CT molecular complexity index is 1150. The first-order valence-corrected chi connectivity index (χ1v) is 10.3. The molecule has 0 saturated carbocycles. The molecule has 1 N–H and O–H groups in total. The van der Waals surface area contributed by atoms with Crippen LogP contribution in [0.1, 0.15) is 34.8 Å². The molecule has 0 saturated heterocycles. The van der Waals surface area contributed by atoms with E-state index in [-0.39, 0.29) is 41.8 Å². The van der Waals surface area contributed by atoms with Gasteiger partial charge in [0.2, 0.25) is 29.0 Å². The Morgan fingerprint density at radius 2 is 1.45 bits per heavy atom. The molecule has 2 amide bonds. The first kappa shape index (κ1) is 23.6. The minimum Gasteiger partial charge on any atom is -0.489 e. The van der Waals surface area contributed by atoms with Crippen molar-refractivity contribution in [2.24, 2.45) is 0 Å². The van der Waals surface area contributed by atoms with E-state index in [2.05, 4.69) is 10.3 Å². The lowest BCUT2D eigenvalue weighted by Crippen LogP contribution is -2.30. The van der Waals surface area contributed by atoms with Gasteiger partial charge in [-0.1, -0.05) is 24.3 Å². The summed E-state index contributed by atoms with van der Waals surface area (Å²) in [6.07, 6.45) is 3.83. The fourth-order valence-corrected chi connectivity index (χ4v) is 3.45. The Morgan fingerprint density at radius 1 is 0.879 bits per heavy atom. The van der Waals surface area contributed by atoms with E-state index in [1.54, 1.807) is 6.92 Å². The molecule has 3 rings (SSSR count). The van der Waals surface area contributed by atoms with Crippen LogP contribution in [0.5, 0.6) is 0 Å². The van der Waals surface area contributed by atoms with Gasteiger partial charge in [0.15, 0.2) is 0 Å². The number of nitrogens with zero attached hydrogens (tertiary/aromatic N) is 1. The summed E-state index contributed by atoms with van der Waals surface area (Å²) in [7, 11) is 2.65. The molecule has 0 radical (unpaired) electrons. The number of benzene rings is 1. The number of methoxy groups -OCH3 is 2. The first-order valence-electron chi connectivity index (χ1n) is 10.3. The normalized spacial score (nSPS) is 13.8. The number of imide groups is 1. The van der Waals surface area contributed by atoms with E-state index in [9.17, 15) is 19.2 Å². The molecular weight excluding hydrogens is 424 g/mol. The number of nitrogens with one attached hydrogen (secondary N) is 1. The van der Waals surface area contributed by atoms with Crippen molar-refractivity contribution in [3.63, 3.8) is 0 Å². The lowest BCUT2D eigenvalue weighted by molar-refractivity contribution is -0.121. The number of allylic oxidation sites excluding steroid dienone is 2. The minimum absolute atomic E-state index is 0.0835. The zero-order chi connectivity index (χ0) is 24.0. The average Bonchev–Trinajstić information content (AvgIpc) is 2.83. The quantitative estimate of drug-likeness (QED) is 0.618. The predicted octanol–water partition coefficient (Wildman–Crippen LogP) is 2.49. The SMILES string of the molecule is COC1=C(OC)C(=O)C(Cc2ccc(CCC(=O)NC(=O)c3ccncc3)cc2)=C(C)C1=O. The van der Waals surface area contributed by atoms with Crippen LogP contribution in [0.3, 0.4) is 0 Å². The van der Waals surface area contributed by atoms with Crippen LogP contribution < -0.4 is 5.32 Å². The number of aromatic nitrogens is 1. The minimum atomic E-state index is -0.464. The number of amides is 2. The topological polar surface area (TPSA) is 112 Å². The standard InChI is InChI=1S/C25H24N2O6/c1-15-19(22(30)24(33-3)23(32-2)21(15)29)14-17-6-4-16(5-7-17)8-9-20(28)27-25(31)18-10-12-26-13-11-18/h4-7,10-13H,8-9,14H2,1-3H3,(H,27,28,31). The molecule has 0 bridgehead atoms. The summed E-state index contributed by atoms with van der Waals surface area (Å²) in [5.74, 6) is -1.75. The van der Waals surface area contributed by atoms with Crippen LogP contribution in [-0.2, 0) is 36.7 Å². The van der Waals surface area contributed by atoms with E-state index >= 15 is 0 Å². The molecule has 1 aromatic carbocycles. The van der Waals surface area contributed by atoms with Gasteiger partial charge in [-0.15, -0.1) is 0 Å². The third kappa shape index (κ3) is 5.41. The summed E-state index contributed by atoms with van der Waals surface area (Å²) >= 11 is 0. The fourth-order valence-electron chi connectivity index (χ4n) is 3.45. The molecule has 0 unspecified atom stereocenters. The number of rotatable bonds is 8. The molecule has 0 spiro atoms. The highest BCUT2D eigenvalue weighted by Crippen LogP contribution is 2.28. The van der Waals surface area contributed by atoms with Crippen LogP contribution in [0.4, 0.5) is 0 Å². The second-order valence-corrected chi connectivity index (χ2v) is 7.43. The maximum atomic E-state index is 12.8. The summed E-state index contributed by atoms with van der Waals surface area (Å²) in [6.45, 7) is 1.60. The molecule has 8 heteroatoms. The van der Waals surface area contributed by atoms with Crippen LogP contribution in [0, 0.1) is 0 Å². The summed E-state index contributed by atoms with van der Waals surface area (Å²) in [5, 5.41) is 2.36. The number of aryl methyl sites for hydroxylation is 1. The van der Waals surface area contributed by atoms with Gasteiger partial charge in [0.05, 0.1) is 14.2 Å². The number of ether oxygens (including phenoxy) is 2. The second kappa shape index (κ2) is 10.5. The Morgan fingerprint density at radius 3 is 2.06 bits per heavy atom. The number of Topliss-reactive ketones (excluding diaryl/α,β-unsaturated/α-hetero) is 2. The van der Waals surface area contributed by atoms with E-state index < -0.39 is 5.91 Å². The second-order valence-electron chi connectivity index (χ2n) is 7.43. The van der Waals surface area contributed by atoms with Crippen molar-refractivity contribution in [3.05, 3.63) is 88.1 Å². The lowest BCUT2D eigenvalue weighted by atomic mass is 9.88. The van der Waals surface area contributed by atoms with E-state index in [0.717, 1.165) is 11.1 Å². The maximum absolute atomic E-state index is 12.8. The Balaban J connectivity index is 1.60. The number of ketones is 2. The van der Waals surface area contributed by atoms with Gasteiger partial charge in [-0.05, 0) is 36.6 Å². The average molecular weight is 448 g/mol. The van der Waals surface area contributed by atoms with Gasteiger partial charge in [-0.25, -0.2) is 0 Å². The van der Waals surface area contributed by atoms with Gasteiger partial charge in [-0.2, -0.15) is 0 Å². The molecule has 1 aliphatic rings. The molecule has 0 atom stereocenters. The van der Waals surface area contributed by atoms with Gasteiger partial charge < -0.3 is 9.47 Å². The summed E-state index contributed by atoms with van der Waals surface area (Å²) < 4.78 is 10.2. The molecule has 33 heavy (non-hydrogen) atoms. The molecule has 1 aromatic heterocycles. The van der Waals surface area contributed by atoms with Crippen LogP contribution >= 0.6 is 0 Å². The summed E-state index contributed by atoms with van der Waals surface area (Å²) in [6, 6.07) is 10.5. The molecule has 8 nitrogen and oxygen atoms in total. The van der Waals surface area contributed by atoms with Crippen molar-refractivity contribution in [3.8, 4) is 0 Å². The van der Waals surface area contributed by atoms with Crippen molar-refractivity contribution in [2.75, 3.05) is 14.2 Å². The van der Waals surface area contributed by atoms with E-state index in [1.807, 2.05) is 24.3 Å². The maximum Gasteiger partial charge on any atom is 0.257 e. The monoisotopic (exact) mass is 448 g/mol. The van der Waals surface area contributed by atoms with E-state index in [0.29, 0.717) is 23.1 Å². The molecule has 1 heterocycles. The Kier molecular flexibility index (Phi) is 7.50. The van der Waals surface area contributed by atoms with Crippen LogP contribution in [0.25, 0.3) is 0 Å². The Hall–Kier alpha value is -4.07. The third-order valence-corrected chi connectivity index (χ3v) is 5.33. The van der Waals surface area contributed by atoms with Crippen molar-refractivity contribution in [1.29, 1.82) is 0 Å². The number of hydrogen-bond donors (Lipinski definition) is 1. The Labute approximate surface area is 191 Å². The third-order valence-electron chi connectivity index (χ3n) is 5.33. The summed E-state index contributed by atoms with van der Waals surface area (Å²) in [4.78, 5) is 53.2. The molecule has 170 valence electrons. The molecule has 1 aliphatic carbocycles. The van der Waals surface area contributed by atoms with Gasteiger partial charge in [0.25, 0.3) is 5.91 Å². The highest BCUT2D eigenvalue weighted by molar-refractivity contribution is 6.23. The predicted molar refractivity (Wildman–Crippen MR) is 119 cm³/mol. The van der Waals surface area contributed by atoms with Gasteiger partial charge >= 0.3 is 0 Å². The van der Waals surface area contributed by atoms with E-state index in [1.165, 1.54) is 38.7 Å². The molecule has 0 aliphatic heterocycles. The zero-order valence-electron chi connectivity index (χ0n) is 18.6. The number of pyridine rings is 1. The number of carbonyl (C=O) groups excluding carboxylic acids is 4. The van der Waals surface area contributed by atoms with Crippen LogP contribution in [-0.4, -0.2) is 42.6 Å². The molecule has 0 fully saturated rings. The molecule has 2 aromatic rings. The highest BCUT2D eigenvalue weighted by atomic mass is 16.5. The van der Waals surface area contributed by atoms with Crippen molar-refractivity contribution in [2.45, 2.75) is 26.2 Å². The van der Waals surface area contributed by atoms with Gasteiger partial charge in [-0.3, -0.25) is 29.5 Å². The molecular formula is C25H24N2O6. The number of hydrogen-bond acceptors (Lipinski definition) is 7. The zero-order valence-corrected chi connectivity index (χ0v) is 18.6. The van der Waals surface area contributed by atoms with Crippen molar-refractivity contribution < 1.29 is 28.7 Å². The fraction of sp³-hybridized carbons (Fsp3) is 0.240. The largest absolute Gasteiger partial charge is 0.489 e. The van der Waals surface area contributed by atoms with E-state index in [4.69, 9.17) is 9.47 Å². The number of carbonyl (C=O) groups is 4. The summed E-state index contributed by atoms with van der Waals surface area (Å²) in [5.41, 5.74) is 2.80. The van der Waals surface area contributed by atoms with Gasteiger partial charge in [0.1, 0.15) is 0 Å². The lowest BCUT2D eigenvalue weighted by Gasteiger charge is -2.20. The van der Waals surface area contributed by atoms with Crippen molar-refractivity contribution >= 4 is 23.4 Å².